The third kappa shape index (κ3) is 5.99. The molecule has 0 aliphatic rings. The predicted octanol–water partition coefficient (Wildman–Crippen LogP) is 2.15. The number of thioether (sulfide) groups is 1. The second kappa shape index (κ2) is 9.98. The van der Waals surface area contributed by atoms with E-state index in [1.165, 1.54) is 11.3 Å². The zero-order chi connectivity index (χ0) is 20.6. The first kappa shape index (κ1) is 20.7. The number of carbonyl (C=O) groups excluding carboxylic acids is 2. The SMILES string of the molecule is CCc1nnc(NC(=O)CSc2nnc(CNC(=O)c3ccc(OC)cc3)o2)s1. The number of aryl methyl sites for hydroxylation is 1. The van der Waals surface area contributed by atoms with Gasteiger partial charge < -0.3 is 14.5 Å². The minimum atomic E-state index is -0.275. The molecule has 10 nitrogen and oxygen atoms in total. The van der Waals surface area contributed by atoms with Gasteiger partial charge in [0.05, 0.1) is 19.4 Å². The maximum atomic E-state index is 12.1. The van der Waals surface area contributed by atoms with Gasteiger partial charge in [-0.25, -0.2) is 0 Å². The van der Waals surface area contributed by atoms with Crippen LogP contribution in [-0.2, 0) is 17.8 Å². The minimum Gasteiger partial charge on any atom is -0.497 e. The summed E-state index contributed by atoms with van der Waals surface area (Å²) in [5, 5.41) is 22.5. The lowest BCUT2D eigenvalue weighted by Crippen LogP contribution is -2.22. The van der Waals surface area contributed by atoms with Gasteiger partial charge in [0.15, 0.2) is 0 Å². The van der Waals surface area contributed by atoms with Crippen molar-refractivity contribution in [2.45, 2.75) is 25.1 Å². The standard InChI is InChI=1S/C17H18N6O4S2/c1-3-14-21-22-16(29-14)19-12(24)9-28-17-23-20-13(27-17)8-18-15(25)10-4-6-11(26-2)7-5-10/h4-7H,3,8-9H2,1-2H3,(H,18,25)(H,19,22,24). The first-order chi connectivity index (χ1) is 14.1. The van der Waals surface area contributed by atoms with Crippen molar-refractivity contribution in [3.8, 4) is 5.75 Å². The summed E-state index contributed by atoms with van der Waals surface area (Å²) in [6, 6.07) is 6.71. The van der Waals surface area contributed by atoms with E-state index in [0.717, 1.165) is 23.2 Å². The number of anilines is 1. The van der Waals surface area contributed by atoms with Crippen molar-refractivity contribution in [2.24, 2.45) is 0 Å². The highest BCUT2D eigenvalue weighted by molar-refractivity contribution is 7.99. The molecule has 0 radical (unpaired) electrons. The summed E-state index contributed by atoms with van der Waals surface area (Å²) in [4.78, 5) is 24.1. The molecule has 2 aromatic heterocycles. The molecule has 152 valence electrons. The number of ether oxygens (including phenoxy) is 1. The second-order valence-corrected chi connectivity index (χ2v) is 7.55. The molecule has 29 heavy (non-hydrogen) atoms. The van der Waals surface area contributed by atoms with Crippen LogP contribution in [0, 0.1) is 0 Å². The summed E-state index contributed by atoms with van der Waals surface area (Å²) >= 11 is 2.43. The molecule has 2 amide bonds. The number of hydrogen-bond acceptors (Lipinski definition) is 10. The van der Waals surface area contributed by atoms with Crippen LogP contribution in [0.15, 0.2) is 33.9 Å². The Labute approximate surface area is 174 Å². The van der Waals surface area contributed by atoms with Crippen LogP contribution in [0.5, 0.6) is 5.75 Å². The van der Waals surface area contributed by atoms with E-state index in [1.54, 1.807) is 31.4 Å². The number of carbonyl (C=O) groups is 2. The van der Waals surface area contributed by atoms with Crippen molar-refractivity contribution in [3.63, 3.8) is 0 Å². The van der Waals surface area contributed by atoms with E-state index in [4.69, 9.17) is 9.15 Å². The fraction of sp³-hybridized carbons (Fsp3) is 0.294. The number of amides is 2. The lowest BCUT2D eigenvalue weighted by atomic mass is 10.2. The molecule has 2 heterocycles. The Morgan fingerprint density at radius 2 is 1.97 bits per heavy atom. The first-order valence-electron chi connectivity index (χ1n) is 8.57. The molecule has 2 N–H and O–H groups in total. The normalized spacial score (nSPS) is 10.6. The van der Waals surface area contributed by atoms with Crippen molar-refractivity contribution in [1.82, 2.24) is 25.7 Å². The second-order valence-electron chi connectivity index (χ2n) is 5.56. The molecule has 0 spiro atoms. The van der Waals surface area contributed by atoms with Crippen LogP contribution in [0.2, 0.25) is 0 Å². The van der Waals surface area contributed by atoms with E-state index in [2.05, 4.69) is 31.0 Å². The molecule has 0 atom stereocenters. The number of methoxy groups -OCH3 is 1. The number of aromatic nitrogens is 4. The van der Waals surface area contributed by atoms with E-state index in [0.29, 0.717) is 16.4 Å². The average Bonchev–Trinajstić information content (AvgIpc) is 3.39. The minimum absolute atomic E-state index is 0.0786. The Hall–Kier alpha value is -2.99. The fourth-order valence-corrected chi connectivity index (χ4v) is 3.37. The van der Waals surface area contributed by atoms with E-state index in [1.807, 2.05) is 6.92 Å². The van der Waals surface area contributed by atoms with Gasteiger partial charge in [-0.15, -0.1) is 20.4 Å². The number of rotatable bonds is 9. The molecule has 0 bridgehead atoms. The van der Waals surface area contributed by atoms with Gasteiger partial charge in [0.2, 0.25) is 16.9 Å². The van der Waals surface area contributed by atoms with Gasteiger partial charge in [-0.3, -0.25) is 14.9 Å². The summed E-state index contributed by atoms with van der Waals surface area (Å²) in [6.45, 7) is 2.05. The van der Waals surface area contributed by atoms with Crippen LogP contribution in [0.25, 0.3) is 0 Å². The summed E-state index contributed by atoms with van der Waals surface area (Å²) in [5.74, 6) is 0.470. The van der Waals surface area contributed by atoms with Gasteiger partial charge in [-0.05, 0) is 30.7 Å². The Morgan fingerprint density at radius 1 is 1.17 bits per heavy atom. The third-order valence-electron chi connectivity index (χ3n) is 3.54. The number of benzene rings is 1. The molecule has 0 saturated heterocycles. The summed E-state index contributed by atoms with van der Waals surface area (Å²) < 4.78 is 10.5. The van der Waals surface area contributed by atoms with Crippen molar-refractivity contribution in [2.75, 3.05) is 18.2 Å². The molecule has 1 aromatic carbocycles. The van der Waals surface area contributed by atoms with Gasteiger partial charge in [0, 0.05) is 5.56 Å². The van der Waals surface area contributed by atoms with Crippen molar-refractivity contribution >= 4 is 40.0 Å². The van der Waals surface area contributed by atoms with Crippen molar-refractivity contribution in [1.29, 1.82) is 0 Å². The number of nitrogens with zero attached hydrogens (tertiary/aromatic N) is 4. The molecular formula is C17H18N6O4S2. The molecule has 0 fully saturated rings. The third-order valence-corrected chi connectivity index (χ3v) is 5.34. The molecule has 0 unspecified atom stereocenters. The largest absolute Gasteiger partial charge is 0.497 e. The zero-order valence-electron chi connectivity index (χ0n) is 15.7. The fourth-order valence-electron chi connectivity index (χ4n) is 2.10. The maximum Gasteiger partial charge on any atom is 0.277 e. The Kier molecular flexibility index (Phi) is 7.14. The highest BCUT2D eigenvalue weighted by Crippen LogP contribution is 2.19. The summed E-state index contributed by atoms with van der Waals surface area (Å²) in [6.07, 6.45) is 0.766. The number of hydrogen-bond donors (Lipinski definition) is 2. The zero-order valence-corrected chi connectivity index (χ0v) is 17.3. The topological polar surface area (TPSA) is 132 Å². The maximum absolute atomic E-state index is 12.1. The predicted molar refractivity (Wildman–Crippen MR) is 107 cm³/mol. The highest BCUT2D eigenvalue weighted by atomic mass is 32.2. The van der Waals surface area contributed by atoms with E-state index in [-0.39, 0.29) is 35.2 Å². The molecule has 3 rings (SSSR count). The van der Waals surface area contributed by atoms with Crippen LogP contribution in [0.3, 0.4) is 0 Å². The lowest BCUT2D eigenvalue weighted by Gasteiger charge is -2.03. The average molecular weight is 435 g/mol. The number of nitrogens with one attached hydrogen (secondary N) is 2. The summed E-state index contributed by atoms with van der Waals surface area (Å²) in [7, 11) is 1.56. The van der Waals surface area contributed by atoms with Crippen molar-refractivity contribution < 1.29 is 18.7 Å². The first-order valence-corrected chi connectivity index (χ1v) is 10.4. The van der Waals surface area contributed by atoms with Crippen LogP contribution in [0.1, 0.15) is 28.2 Å². The van der Waals surface area contributed by atoms with Gasteiger partial charge in [0.25, 0.3) is 11.1 Å². The molecule has 3 aromatic rings. The summed E-state index contributed by atoms with van der Waals surface area (Å²) in [5.41, 5.74) is 0.486. The smallest absolute Gasteiger partial charge is 0.277 e. The molecular weight excluding hydrogens is 416 g/mol. The van der Waals surface area contributed by atoms with Crippen LogP contribution in [-0.4, -0.2) is 45.1 Å². The molecule has 0 aliphatic carbocycles. The van der Waals surface area contributed by atoms with Crippen LogP contribution >= 0.6 is 23.1 Å². The Morgan fingerprint density at radius 3 is 2.66 bits per heavy atom. The van der Waals surface area contributed by atoms with E-state index >= 15 is 0 Å². The van der Waals surface area contributed by atoms with Crippen molar-refractivity contribution in [3.05, 3.63) is 40.7 Å². The highest BCUT2D eigenvalue weighted by Gasteiger charge is 2.13. The van der Waals surface area contributed by atoms with E-state index in [9.17, 15) is 9.59 Å². The van der Waals surface area contributed by atoms with Gasteiger partial charge in [-0.2, -0.15) is 0 Å². The van der Waals surface area contributed by atoms with E-state index < -0.39 is 0 Å². The monoisotopic (exact) mass is 434 g/mol. The molecule has 0 saturated carbocycles. The van der Waals surface area contributed by atoms with Crippen LogP contribution in [0.4, 0.5) is 5.13 Å². The Balaban J connectivity index is 1.43. The van der Waals surface area contributed by atoms with Gasteiger partial charge in [-0.1, -0.05) is 30.0 Å². The lowest BCUT2D eigenvalue weighted by molar-refractivity contribution is -0.113. The van der Waals surface area contributed by atoms with Gasteiger partial charge in [0.1, 0.15) is 10.8 Å². The van der Waals surface area contributed by atoms with Crippen LogP contribution < -0.4 is 15.4 Å². The quantitative estimate of drug-likeness (QED) is 0.486. The molecule has 0 aliphatic heterocycles. The molecule has 12 heteroatoms. The Bertz CT molecular complexity index is 972. The van der Waals surface area contributed by atoms with Gasteiger partial charge >= 0.3 is 0 Å².